The molecule has 1 aliphatic rings. The van der Waals surface area contributed by atoms with Crippen LogP contribution >= 0.6 is 15.9 Å². The number of nitrogens with two attached hydrogens (primary N) is 1. The molecule has 3 rings (SSSR count). The van der Waals surface area contributed by atoms with E-state index in [0.29, 0.717) is 6.61 Å². The summed E-state index contributed by atoms with van der Waals surface area (Å²) in [5.74, 6) is 0.984. The standard InChI is InChI=1S/C17H18BrNO/c18-13-5-1-4-12(10-13)11-20-17-9-3-6-14-15(17)7-2-8-16(14)19/h1,3-6,9-10,16H,2,7-8,11,19H2. The first kappa shape index (κ1) is 13.7. The quantitative estimate of drug-likeness (QED) is 0.906. The van der Waals surface area contributed by atoms with E-state index < -0.39 is 0 Å². The molecule has 0 heterocycles. The second-order valence-electron chi connectivity index (χ2n) is 5.24. The molecule has 0 spiro atoms. The Bertz CT molecular complexity index is 612. The summed E-state index contributed by atoms with van der Waals surface area (Å²) in [6.07, 6.45) is 3.28. The molecule has 0 radical (unpaired) electrons. The van der Waals surface area contributed by atoms with Crippen LogP contribution < -0.4 is 10.5 Å². The van der Waals surface area contributed by atoms with E-state index in [-0.39, 0.29) is 6.04 Å². The van der Waals surface area contributed by atoms with E-state index in [1.165, 1.54) is 11.1 Å². The van der Waals surface area contributed by atoms with Crippen LogP contribution in [0.1, 0.15) is 35.6 Å². The SMILES string of the molecule is NC1CCCc2c(OCc3cccc(Br)c3)cccc21. The summed E-state index contributed by atoms with van der Waals surface area (Å²) in [6.45, 7) is 0.588. The van der Waals surface area contributed by atoms with Gasteiger partial charge in [-0.2, -0.15) is 0 Å². The minimum atomic E-state index is 0.160. The number of ether oxygens (including phenoxy) is 1. The first-order chi connectivity index (χ1) is 9.74. The Balaban J connectivity index is 1.80. The number of benzene rings is 2. The van der Waals surface area contributed by atoms with Gasteiger partial charge in [0.1, 0.15) is 12.4 Å². The van der Waals surface area contributed by atoms with Gasteiger partial charge in [-0.3, -0.25) is 0 Å². The van der Waals surface area contributed by atoms with Gasteiger partial charge in [0.15, 0.2) is 0 Å². The minimum Gasteiger partial charge on any atom is -0.489 e. The molecule has 0 fully saturated rings. The van der Waals surface area contributed by atoms with E-state index in [2.05, 4.69) is 40.2 Å². The fourth-order valence-corrected chi connectivity index (χ4v) is 3.22. The lowest BCUT2D eigenvalue weighted by atomic mass is 9.87. The predicted molar refractivity (Wildman–Crippen MR) is 84.8 cm³/mol. The van der Waals surface area contributed by atoms with Crippen molar-refractivity contribution < 1.29 is 4.74 Å². The molecule has 20 heavy (non-hydrogen) atoms. The zero-order valence-corrected chi connectivity index (χ0v) is 12.9. The highest BCUT2D eigenvalue weighted by atomic mass is 79.9. The van der Waals surface area contributed by atoms with E-state index in [9.17, 15) is 0 Å². The van der Waals surface area contributed by atoms with Crippen molar-refractivity contribution in [2.75, 3.05) is 0 Å². The van der Waals surface area contributed by atoms with Crippen molar-refractivity contribution in [3.05, 3.63) is 63.6 Å². The number of hydrogen-bond acceptors (Lipinski definition) is 2. The second kappa shape index (κ2) is 5.98. The Morgan fingerprint density at radius 3 is 2.90 bits per heavy atom. The van der Waals surface area contributed by atoms with Crippen molar-refractivity contribution in [1.82, 2.24) is 0 Å². The Morgan fingerprint density at radius 2 is 2.05 bits per heavy atom. The van der Waals surface area contributed by atoms with Crippen LogP contribution in [0.4, 0.5) is 0 Å². The van der Waals surface area contributed by atoms with Crippen LogP contribution in [0.5, 0.6) is 5.75 Å². The fraction of sp³-hybridized carbons (Fsp3) is 0.294. The molecule has 104 valence electrons. The summed E-state index contributed by atoms with van der Waals surface area (Å²) < 4.78 is 7.10. The summed E-state index contributed by atoms with van der Waals surface area (Å²) in [7, 11) is 0. The summed E-state index contributed by atoms with van der Waals surface area (Å²) in [5.41, 5.74) is 9.89. The van der Waals surface area contributed by atoms with Crippen LogP contribution in [0.3, 0.4) is 0 Å². The van der Waals surface area contributed by atoms with Gasteiger partial charge in [-0.25, -0.2) is 0 Å². The molecule has 2 aromatic carbocycles. The largest absolute Gasteiger partial charge is 0.489 e. The highest BCUT2D eigenvalue weighted by molar-refractivity contribution is 9.10. The third-order valence-corrected chi connectivity index (χ3v) is 4.29. The van der Waals surface area contributed by atoms with Gasteiger partial charge < -0.3 is 10.5 Å². The Labute approximate surface area is 128 Å². The van der Waals surface area contributed by atoms with Gasteiger partial charge in [0.05, 0.1) is 0 Å². The minimum absolute atomic E-state index is 0.160. The van der Waals surface area contributed by atoms with Gasteiger partial charge in [0.2, 0.25) is 0 Å². The highest BCUT2D eigenvalue weighted by Crippen LogP contribution is 2.34. The van der Waals surface area contributed by atoms with Crippen LogP contribution in [0.15, 0.2) is 46.9 Å². The molecule has 0 bridgehead atoms. The maximum absolute atomic E-state index is 6.18. The molecule has 2 N–H and O–H groups in total. The van der Waals surface area contributed by atoms with Crippen molar-refractivity contribution in [3.8, 4) is 5.75 Å². The van der Waals surface area contributed by atoms with Gasteiger partial charge in [0.25, 0.3) is 0 Å². The molecule has 2 aromatic rings. The number of fused-ring (bicyclic) bond motifs is 1. The molecular weight excluding hydrogens is 314 g/mol. The molecule has 2 nitrogen and oxygen atoms in total. The molecule has 0 saturated heterocycles. The van der Waals surface area contributed by atoms with Crippen molar-refractivity contribution >= 4 is 15.9 Å². The van der Waals surface area contributed by atoms with Crippen LogP contribution in [0, 0.1) is 0 Å². The van der Waals surface area contributed by atoms with Crippen LogP contribution in [0.2, 0.25) is 0 Å². The molecule has 0 aromatic heterocycles. The van der Waals surface area contributed by atoms with Crippen LogP contribution in [-0.4, -0.2) is 0 Å². The zero-order valence-electron chi connectivity index (χ0n) is 11.3. The van der Waals surface area contributed by atoms with Crippen LogP contribution in [0.25, 0.3) is 0 Å². The van der Waals surface area contributed by atoms with Gasteiger partial charge in [-0.05, 0) is 54.2 Å². The number of rotatable bonds is 3. The summed E-state index contributed by atoms with van der Waals surface area (Å²) in [6, 6.07) is 14.6. The average molecular weight is 332 g/mol. The summed E-state index contributed by atoms with van der Waals surface area (Å²) in [5, 5.41) is 0. The topological polar surface area (TPSA) is 35.2 Å². The molecule has 1 unspecified atom stereocenters. The lowest BCUT2D eigenvalue weighted by molar-refractivity contribution is 0.300. The fourth-order valence-electron chi connectivity index (χ4n) is 2.77. The Kier molecular flexibility index (Phi) is 4.08. The van der Waals surface area contributed by atoms with Gasteiger partial charge in [0, 0.05) is 10.5 Å². The smallest absolute Gasteiger partial charge is 0.123 e. The monoisotopic (exact) mass is 331 g/mol. The molecule has 0 aliphatic heterocycles. The lowest BCUT2D eigenvalue weighted by Crippen LogP contribution is -2.18. The van der Waals surface area contributed by atoms with Crippen molar-refractivity contribution in [2.45, 2.75) is 31.9 Å². The summed E-state index contributed by atoms with van der Waals surface area (Å²) >= 11 is 3.48. The maximum Gasteiger partial charge on any atom is 0.123 e. The van der Waals surface area contributed by atoms with Gasteiger partial charge >= 0.3 is 0 Å². The molecule has 0 saturated carbocycles. The molecular formula is C17H18BrNO. The molecule has 1 atom stereocenters. The Morgan fingerprint density at radius 1 is 1.20 bits per heavy atom. The van der Waals surface area contributed by atoms with Crippen LogP contribution in [-0.2, 0) is 13.0 Å². The van der Waals surface area contributed by atoms with E-state index in [0.717, 1.165) is 35.0 Å². The number of halogens is 1. The third kappa shape index (κ3) is 2.89. The normalized spacial score (nSPS) is 17.6. The maximum atomic E-state index is 6.18. The highest BCUT2D eigenvalue weighted by Gasteiger charge is 2.19. The van der Waals surface area contributed by atoms with Gasteiger partial charge in [-0.15, -0.1) is 0 Å². The predicted octanol–water partition coefficient (Wildman–Crippen LogP) is 4.36. The zero-order chi connectivity index (χ0) is 13.9. The lowest BCUT2D eigenvalue weighted by Gasteiger charge is -2.24. The van der Waals surface area contributed by atoms with E-state index in [4.69, 9.17) is 10.5 Å². The summed E-state index contributed by atoms with van der Waals surface area (Å²) in [4.78, 5) is 0. The van der Waals surface area contributed by atoms with E-state index in [1.54, 1.807) is 0 Å². The average Bonchev–Trinajstić information content (AvgIpc) is 2.46. The first-order valence-corrected chi connectivity index (χ1v) is 7.78. The molecule has 1 aliphatic carbocycles. The van der Waals surface area contributed by atoms with E-state index in [1.807, 2.05) is 18.2 Å². The molecule has 0 amide bonds. The van der Waals surface area contributed by atoms with E-state index >= 15 is 0 Å². The second-order valence-corrected chi connectivity index (χ2v) is 6.16. The van der Waals surface area contributed by atoms with Crippen molar-refractivity contribution in [2.24, 2.45) is 5.73 Å². The Hall–Kier alpha value is -1.32. The van der Waals surface area contributed by atoms with Crippen molar-refractivity contribution in [1.29, 1.82) is 0 Å². The van der Waals surface area contributed by atoms with Crippen molar-refractivity contribution in [3.63, 3.8) is 0 Å². The molecule has 3 heteroatoms. The third-order valence-electron chi connectivity index (χ3n) is 3.79. The first-order valence-electron chi connectivity index (χ1n) is 6.98. The number of hydrogen-bond donors (Lipinski definition) is 1. The van der Waals surface area contributed by atoms with Gasteiger partial charge in [-0.1, -0.05) is 40.2 Å².